The summed E-state index contributed by atoms with van der Waals surface area (Å²) in [4.78, 5) is 4.48. The first kappa shape index (κ1) is 8.97. The molecule has 1 fully saturated rings. The van der Waals surface area contributed by atoms with Crippen LogP contribution in [0.1, 0.15) is 6.42 Å². The summed E-state index contributed by atoms with van der Waals surface area (Å²) in [5, 5.41) is 8.97. The van der Waals surface area contributed by atoms with E-state index in [2.05, 4.69) is 23.9 Å². The highest BCUT2D eigenvalue weighted by atomic mass is 16.3. The lowest BCUT2D eigenvalue weighted by atomic mass is 10.1. The molecular weight excluding hydrogens is 140 g/mol. The van der Waals surface area contributed by atoms with E-state index in [-0.39, 0.29) is 6.10 Å². The minimum absolute atomic E-state index is 0.0469. The van der Waals surface area contributed by atoms with Crippen molar-refractivity contribution in [3.05, 3.63) is 0 Å². The van der Waals surface area contributed by atoms with E-state index in [9.17, 15) is 0 Å². The molecule has 0 bridgehead atoms. The van der Waals surface area contributed by atoms with E-state index < -0.39 is 0 Å². The molecule has 1 rings (SSSR count). The van der Waals surface area contributed by atoms with E-state index in [0.717, 1.165) is 26.2 Å². The normalized spacial score (nSPS) is 20.7. The van der Waals surface area contributed by atoms with Crippen LogP contribution >= 0.6 is 0 Å². The van der Waals surface area contributed by atoms with Gasteiger partial charge < -0.3 is 10.0 Å². The van der Waals surface area contributed by atoms with Gasteiger partial charge in [0.15, 0.2) is 0 Å². The smallest absolute Gasteiger partial charge is 0.0793 e. The van der Waals surface area contributed by atoms with Crippen molar-refractivity contribution < 1.29 is 5.11 Å². The molecule has 1 heterocycles. The molecule has 11 heavy (non-hydrogen) atoms. The fraction of sp³-hybridized carbons (Fsp3) is 1.00. The number of nitrogens with zero attached hydrogens (tertiary/aromatic N) is 2. The van der Waals surface area contributed by atoms with Crippen LogP contribution in [-0.2, 0) is 0 Å². The molecule has 0 aromatic rings. The lowest BCUT2D eigenvalue weighted by Gasteiger charge is -2.35. The first-order chi connectivity index (χ1) is 5.18. The minimum atomic E-state index is -0.0469. The quantitative estimate of drug-likeness (QED) is 0.604. The number of aliphatic hydroxyl groups is 1. The van der Waals surface area contributed by atoms with E-state index in [1.807, 2.05) is 0 Å². The second kappa shape index (κ2) is 4.04. The van der Waals surface area contributed by atoms with Gasteiger partial charge in [0.1, 0.15) is 0 Å². The van der Waals surface area contributed by atoms with Crippen LogP contribution in [0.2, 0.25) is 0 Å². The summed E-state index contributed by atoms with van der Waals surface area (Å²) in [5.41, 5.74) is 0. The highest BCUT2D eigenvalue weighted by Gasteiger charge is 2.22. The Morgan fingerprint density at radius 3 is 2.55 bits per heavy atom. The molecule has 1 saturated heterocycles. The molecule has 1 aliphatic heterocycles. The van der Waals surface area contributed by atoms with Gasteiger partial charge in [-0.15, -0.1) is 0 Å². The molecule has 0 atom stereocenters. The van der Waals surface area contributed by atoms with Crippen molar-refractivity contribution in [3.8, 4) is 0 Å². The van der Waals surface area contributed by atoms with Crippen molar-refractivity contribution in [1.82, 2.24) is 9.80 Å². The van der Waals surface area contributed by atoms with Gasteiger partial charge in [0.2, 0.25) is 0 Å². The molecule has 66 valence electrons. The van der Waals surface area contributed by atoms with Crippen molar-refractivity contribution in [1.29, 1.82) is 0 Å². The average Bonchev–Trinajstić information content (AvgIpc) is 1.83. The third kappa shape index (κ3) is 3.18. The second-order valence-corrected chi connectivity index (χ2v) is 3.57. The van der Waals surface area contributed by atoms with Gasteiger partial charge >= 0.3 is 0 Å². The summed E-state index contributed by atoms with van der Waals surface area (Å²) < 4.78 is 0. The Hall–Kier alpha value is -0.120. The fourth-order valence-electron chi connectivity index (χ4n) is 1.34. The van der Waals surface area contributed by atoms with Gasteiger partial charge in [0, 0.05) is 13.1 Å². The monoisotopic (exact) mass is 158 g/mol. The van der Waals surface area contributed by atoms with E-state index in [4.69, 9.17) is 5.11 Å². The Balaban J connectivity index is 1.89. The van der Waals surface area contributed by atoms with Crippen LogP contribution in [0, 0.1) is 0 Å². The van der Waals surface area contributed by atoms with Gasteiger partial charge in [-0.25, -0.2) is 0 Å². The van der Waals surface area contributed by atoms with Gasteiger partial charge in [-0.2, -0.15) is 0 Å². The molecule has 0 aromatic carbocycles. The van der Waals surface area contributed by atoms with Crippen LogP contribution in [0.5, 0.6) is 0 Å². The largest absolute Gasteiger partial charge is 0.390 e. The van der Waals surface area contributed by atoms with Gasteiger partial charge in [0.25, 0.3) is 0 Å². The van der Waals surface area contributed by atoms with Crippen LogP contribution in [0.4, 0.5) is 0 Å². The van der Waals surface area contributed by atoms with Crippen LogP contribution < -0.4 is 0 Å². The molecule has 0 aromatic heterocycles. The summed E-state index contributed by atoms with van der Waals surface area (Å²) >= 11 is 0. The lowest BCUT2D eigenvalue weighted by Crippen LogP contribution is -2.51. The van der Waals surface area contributed by atoms with Crippen molar-refractivity contribution in [2.75, 3.05) is 40.3 Å². The molecule has 0 radical (unpaired) electrons. The van der Waals surface area contributed by atoms with Crippen LogP contribution in [-0.4, -0.2) is 61.3 Å². The van der Waals surface area contributed by atoms with E-state index in [1.165, 1.54) is 6.42 Å². The summed E-state index contributed by atoms with van der Waals surface area (Å²) in [7, 11) is 4.18. The lowest BCUT2D eigenvalue weighted by molar-refractivity contribution is 0.00101. The number of likely N-dealkylation sites (tertiary alicyclic amines) is 1. The molecule has 0 aliphatic carbocycles. The zero-order valence-corrected chi connectivity index (χ0v) is 7.45. The highest BCUT2D eigenvalue weighted by molar-refractivity contribution is 4.78. The van der Waals surface area contributed by atoms with Gasteiger partial charge in [-0.1, -0.05) is 0 Å². The van der Waals surface area contributed by atoms with Crippen molar-refractivity contribution in [2.24, 2.45) is 0 Å². The molecule has 3 heteroatoms. The maximum absolute atomic E-state index is 8.97. The van der Waals surface area contributed by atoms with Gasteiger partial charge in [-0.05, 0) is 33.6 Å². The molecule has 1 N–H and O–H groups in total. The average molecular weight is 158 g/mol. The number of hydrogen-bond acceptors (Lipinski definition) is 3. The Kier molecular flexibility index (Phi) is 3.30. The summed E-state index contributed by atoms with van der Waals surface area (Å²) in [6, 6.07) is 0. The fourth-order valence-corrected chi connectivity index (χ4v) is 1.34. The SMILES string of the molecule is CN(C)CCCN1CC(O)C1. The van der Waals surface area contributed by atoms with Crippen LogP contribution in [0.15, 0.2) is 0 Å². The third-order valence-corrected chi connectivity index (χ3v) is 2.02. The second-order valence-electron chi connectivity index (χ2n) is 3.57. The predicted octanol–water partition coefficient (Wildman–Crippen LogP) is -0.385. The van der Waals surface area contributed by atoms with Crippen molar-refractivity contribution >= 4 is 0 Å². The minimum Gasteiger partial charge on any atom is -0.390 e. The molecule has 1 aliphatic rings. The molecule has 0 saturated carbocycles. The van der Waals surface area contributed by atoms with E-state index in [0.29, 0.717) is 0 Å². The zero-order valence-electron chi connectivity index (χ0n) is 7.45. The van der Waals surface area contributed by atoms with Gasteiger partial charge in [-0.3, -0.25) is 4.90 Å². The summed E-state index contributed by atoms with van der Waals surface area (Å²) in [6.07, 6.45) is 1.16. The maximum atomic E-state index is 8.97. The van der Waals surface area contributed by atoms with E-state index in [1.54, 1.807) is 0 Å². The first-order valence-corrected chi connectivity index (χ1v) is 4.23. The first-order valence-electron chi connectivity index (χ1n) is 4.23. The van der Waals surface area contributed by atoms with Crippen molar-refractivity contribution in [2.45, 2.75) is 12.5 Å². The predicted molar refractivity (Wildman–Crippen MR) is 45.6 cm³/mol. The molecular formula is C8H18N2O. The highest BCUT2D eigenvalue weighted by Crippen LogP contribution is 2.06. The summed E-state index contributed by atoms with van der Waals surface area (Å²) in [6.45, 7) is 4.04. The molecule has 0 spiro atoms. The number of rotatable bonds is 4. The Morgan fingerprint density at radius 1 is 1.45 bits per heavy atom. The zero-order chi connectivity index (χ0) is 8.27. The van der Waals surface area contributed by atoms with Gasteiger partial charge in [0.05, 0.1) is 6.10 Å². The Morgan fingerprint density at radius 2 is 2.09 bits per heavy atom. The Labute approximate surface area is 68.6 Å². The molecule has 0 unspecified atom stereocenters. The standard InChI is InChI=1S/C8H18N2O/c1-9(2)4-3-5-10-6-8(11)7-10/h8,11H,3-7H2,1-2H3. The number of β-amino-alcohol motifs (C(OH)–C–C–N with tert-alkyl or cyclic N) is 1. The van der Waals surface area contributed by atoms with Crippen LogP contribution in [0.25, 0.3) is 0 Å². The number of aliphatic hydroxyl groups excluding tert-OH is 1. The molecule has 0 amide bonds. The maximum Gasteiger partial charge on any atom is 0.0793 e. The third-order valence-electron chi connectivity index (χ3n) is 2.02. The number of hydrogen-bond donors (Lipinski definition) is 1. The summed E-state index contributed by atoms with van der Waals surface area (Å²) in [5.74, 6) is 0. The topological polar surface area (TPSA) is 26.7 Å². The van der Waals surface area contributed by atoms with Crippen LogP contribution in [0.3, 0.4) is 0 Å². The Bertz CT molecular complexity index is 111. The van der Waals surface area contributed by atoms with E-state index >= 15 is 0 Å². The van der Waals surface area contributed by atoms with Crippen molar-refractivity contribution in [3.63, 3.8) is 0 Å². The molecule has 3 nitrogen and oxygen atoms in total.